The number of hydrogen-bond donors (Lipinski definition) is 3. The Morgan fingerprint density at radius 2 is 0.438 bits per heavy atom. The van der Waals surface area contributed by atoms with Crippen molar-refractivity contribution in [3.63, 3.8) is 0 Å². The Morgan fingerprint density at radius 1 is 0.257 bits per heavy atom. The molecular weight excluding hydrogens is 1370 g/mol. The summed E-state index contributed by atoms with van der Waals surface area (Å²) in [6.07, 6.45) is 69.8. The van der Waals surface area contributed by atoms with Gasteiger partial charge in [-0.2, -0.15) is 0 Å². The van der Waals surface area contributed by atoms with Crippen molar-refractivity contribution in [3.8, 4) is 0 Å². The van der Waals surface area contributed by atoms with Crippen LogP contribution in [0.2, 0.25) is 0 Å². The third kappa shape index (κ3) is 79.9. The van der Waals surface area contributed by atoms with E-state index in [1.54, 1.807) is 0 Å². The van der Waals surface area contributed by atoms with Crippen LogP contribution in [0.4, 0.5) is 0 Å². The first-order valence-electron chi connectivity index (χ1n) is 44.5. The van der Waals surface area contributed by atoms with Crippen LogP contribution in [-0.2, 0) is 65.4 Å². The smallest absolute Gasteiger partial charge is 0.462 e. The molecule has 0 heterocycles. The fourth-order valence-electron chi connectivity index (χ4n) is 13.4. The second-order valence-corrected chi connectivity index (χ2v) is 34.8. The zero-order valence-electron chi connectivity index (χ0n) is 69.0. The Balaban J connectivity index is 5.20. The molecule has 17 nitrogen and oxygen atoms in total. The predicted octanol–water partition coefficient (Wildman–Crippen LogP) is 26.2. The summed E-state index contributed by atoms with van der Waals surface area (Å²) in [6.45, 7) is 9.59. The minimum absolute atomic E-state index is 0.106. The summed E-state index contributed by atoms with van der Waals surface area (Å²) in [7, 11) is -9.93. The number of esters is 4. The molecule has 0 saturated carbocycles. The van der Waals surface area contributed by atoms with Crippen LogP contribution in [-0.4, -0.2) is 96.7 Å². The van der Waals surface area contributed by atoms with Crippen molar-refractivity contribution < 1.29 is 80.2 Å². The molecule has 0 aromatic carbocycles. The minimum Gasteiger partial charge on any atom is -0.462 e. The zero-order valence-corrected chi connectivity index (χ0v) is 70.8. The van der Waals surface area contributed by atoms with Gasteiger partial charge in [-0.3, -0.25) is 37.3 Å². The van der Waals surface area contributed by atoms with Gasteiger partial charge in [-0.15, -0.1) is 0 Å². The summed E-state index contributed by atoms with van der Waals surface area (Å²) < 4.78 is 68.8. The quantitative estimate of drug-likeness (QED) is 0.0222. The number of rotatable bonds is 85. The van der Waals surface area contributed by atoms with Crippen LogP contribution in [0.3, 0.4) is 0 Å². The van der Waals surface area contributed by atoms with Crippen LogP contribution in [0.15, 0.2) is 0 Å². The number of carbonyl (C=O) groups is 4. The lowest BCUT2D eigenvalue weighted by Gasteiger charge is -2.21. The van der Waals surface area contributed by atoms with Gasteiger partial charge in [0, 0.05) is 25.7 Å². The van der Waals surface area contributed by atoms with E-state index >= 15 is 0 Å². The van der Waals surface area contributed by atoms with E-state index in [1.165, 1.54) is 270 Å². The van der Waals surface area contributed by atoms with Crippen molar-refractivity contribution in [2.75, 3.05) is 39.6 Å². The zero-order chi connectivity index (χ0) is 77.1. The van der Waals surface area contributed by atoms with Gasteiger partial charge in [0.05, 0.1) is 26.4 Å². The Bertz CT molecular complexity index is 2010. The highest BCUT2D eigenvalue weighted by molar-refractivity contribution is 7.47. The van der Waals surface area contributed by atoms with E-state index in [0.29, 0.717) is 31.6 Å². The summed E-state index contributed by atoms with van der Waals surface area (Å²) in [5, 5.41) is 10.7. The van der Waals surface area contributed by atoms with Gasteiger partial charge in [0.2, 0.25) is 0 Å². The highest BCUT2D eigenvalue weighted by Gasteiger charge is 2.30. The second-order valence-electron chi connectivity index (χ2n) is 31.9. The van der Waals surface area contributed by atoms with E-state index < -0.39 is 97.5 Å². The molecule has 2 unspecified atom stereocenters. The van der Waals surface area contributed by atoms with E-state index in [-0.39, 0.29) is 25.7 Å². The third-order valence-corrected chi connectivity index (χ3v) is 22.1. The maximum atomic E-state index is 13.1. The van der Waals surface area contributed by atoms with E-state index in [0.717, 1.165) is 102 Å². The topological polar surface area (TPSA) is 237 Å². The van der Waals surface area contributed by atoms with Crippen molar-refractivity contribution >= 4 is 39.5 Å². The van der Waals surface area contributed by atoms with Crippen molar-refractivity contribution in [1.29, 1.82) is 0 Å². The maximum absolute atomic E-state index is 13.1. The molecular formula is C86H168O17P2. The molecule has 624 valence electrons. The number of hydrogen-bond acceptors (Lipinski definition) is 15. The van der Waals surface area contributed by atoms with Gasteiger partial charge >= 0.3 is 39.5 Å². The number of ether oxygens (including phenoxy) is 4. The van der Waals surface area contributed by atoms with E-state index in [9.17, 15) is 43.2 Å². The van der Waals surface area contributed by atoms with Crippen LogP contribution in [0.25, 0.3) is 0 Å². The summed E-state index contributed by atoms with van der Waals surface area (Å²) in [4.78, 5) is 73.1. The van der Waals surface area contributed by atoms with Gasteiger partial charge in [-0.1, -0.05) is 408 Å². The minimum atomic E-state index is -4.97. The van der Waals surface area contributed by atoms with Crippen molar-refractivity contribution in [3.05, 3.63) is 0 Å². The number of aliphatic hydroxyl groups is 1. The molecule has 3 N–H and O–H groups in total. The van der Waals surface area contributed by atoms with Crippen LogP contribution < -0.4 is 0 Å². The number of aliphatic hydroxyl groups excluding tert-OH is 1. The van der Waals surface area contributed by atoms with Gasteiger partial charge in [-0.25, -0.2) is 9.13 Å². The molecule has 0 fully saturated rings. The lowest BCUT2D eigenvalue weighted by atomic mass is 10.0. The van der Waals surface area contributed by atoms with Gasteiger partial charge in [0.1, 0.15) is 19.3 Å². The van der Waals surface area contributed by atoms with Gasteiger partial charge in [-0.05, 0) is 37.5 Å². The van der Waals surface area contributed by atoms with Crippen LogP contribution in [0, 0.1) is 11.8 Å². The Hall–Kier alpha value is -1.94. The number of phosphoric ester groups is 2. The van der Waals surface area contributed by atoms with Gasteiger partial charge in [0.25, 0.3) is 0 Å². The van der Waals surface area contributed by atoms with E-state index in [2.05, 4.69) is 41.5 Å². The molecule has 5 atom stereocenters. The van der Waals surface area contributed by atoms with Crippen LogP contribution in [0.5, 0.6) is 0 Å². The second kappa shape index (κ2) is 77.4. The highest BCUT2D eigenvalue weighted by atomic mass is 31.2. The van der Waals surface area contributed by atoms with E-state index in [1.807, 2.05) is 0 Å². The summed E-state index contributed by atoms with van der Waals surface area (Å²) >= 11 is 0. The van der Waals surface area contributed by atoms with Gasteiger partial charge < -0.3 is 33.8 Å². The SMILES string of the molecule is CCCCCCCCCCCCCCCCCCCCCCCCC(=O)O[C@H](COC(=O)CCCCCCCCCCCCCCCCCCCCC)COP(=O)(O)OC[C@@H](O)COP(=O)(O)OC[C@@H](COC(=O)CCCCCCCCC(C)C)OC(=O)CCCCCCCCCCCCCCC(C)C. The lowest BCUT2D eigenvalue weighted by Crippen LogP contribution is -2.30. The normalized spacial score (nSPS) is 13.8. The number of carbonyl (C=O) groups excluding carboxylic acids is 4. The molecule has 0 amide bonds. The maximum Gasteiger partial charge on any atom is 0.472 e. The van der Waals surface area contributed by atoms with Crippen molar-refractivity contribution in [1.82, 2.24) is 0 Å². The Labute approximate surface area is 645 Å². The van der Waals surface area contributed by atoms with Crippen molar-refractivity contribution in [2.24, 2.45) is 11.8 Å². The molecule has 0 aliphatic heterocycles. The van der Waals surface area contributed by atoms with Crippen LogP contribution in [0.1, 0.15) is 459 Å². The molecule has 0 radical (unpaired) electrons. The van der Waals surface area contributed by atoms with Crippen LogP contribution >= 0.6 is 15.6 Å². The number of phosphoric acid groups is 2. The first kappa shape index (κ1) is 103. The first-order chi connectivity index (χ1) is 50.9. The molecule has 0 aliphatic carbocycles. The third-order valence-electron chi connectivity index (χ3n) is 20.2. The standard InChI is InChI=1S/C86H168O17P2/c1-7-9-11-13-15-17-19-21-23-25-27-28-29-31-33-35-37-42-46-50-58-64-70-85(90)102-81(74-96-83(88)68-62-56-49-45-41-36-34-32-30-26-24-22-20-18-16-14-12-10-8-2)76-100-104(92,93)98-72-80(87)73-99-105(94,95)101-77-82(75-97-84(89)69-63-57-53-52-55-61-67-79(5)6)103-86(91)71-65-59-51-47-43-39-38-40-44-48-54-60-66-78(3)4/h78-82,87H,7-77H2,1-6H3,(H,92,93)(H,94,95)/t80-,81-,82-/m1/s1. The average Bonchev–Trinajstić information content (AvgIpc) is 0.907. The largest absolute Gasteiger partial charge is 0.472 e. The average molecular weight is 1540 g/mol. The molecule has 0 saturated heterocycles. The fraction of sp³-hybridized carbons (Fsp3) is 0.953. The van der Waals surface area contributed by atoms with E-state index in [4.69, 9.17) is 37.0 Å². The number of unbranched alkanes of at least 4 members (excludes halogenated alkanes) is 55. The Kier molecular flexibility index (Phi) is 76.0. The molecule has 0 spiro atoms. The first-order valence-corrected chi connectivity index (χ1v) is 47.5. The molecule has 0 aromatic heterocycles. The van der Waals surface area contributed by atoms with Crippen molar-refractivity contribution in [2.45, 2.75) is 477 Å². The summed E-state index contributed by atoms with van der Waals surface area (Å²) in [5.74, 6) is -0.650. The molecule has 0 bridgehead atoms. The molecule has 0 aliphatic rings. The summed E-state index contributed by atoms with van der Waals surface area (Å²) in [5.41, 5.74) is 0. The molecule has 19 heteroatoms. The fourth-order valence-corrected chi connectivity index (χ4v) is 15.0. The summed E-state index contributed by atoms with van der Waals surface area (Å²) in [6, 6.07) is 0. The molecule has 0 aromatic rings. The van der Waals surface area contributed by atoms with Gasteiger partial charge in [0.15, 0.2) is 12.2 Å². The Morgan fingerprint density at radius 3 is 0.648 bits per heavy atom. The highest BCUT2D eigenvalue weighted by Crippen LogP contribution is 2.45. The molecule has 0 rings (SSSR count). The monoisotopic (exact) mass is 1540 g/mol. The lowest BCUT2D eigenvalue weighted by molar-refractivity contribution is -0.161. The predicted molar refractivity (Wildman–Crippen MR) is 432 cm³/mol. The molecule has 105 heavy (non-hydrogen) atoms.